The first kappa shape index (κ1) is 21.3. The molecule has 4 aromatic rings. The average Bonchev–Trinajstić information content (AvgIpc) is 3.54. The molecule has 1 amide bonds. The average molecular weight is 484 g/mol. The lowest BCUT2D eigenvalue weighted by molar-refractivity contribution is -0.115. The molecule has 1 aliphatic rings. The molecule has 0 atom stereocenters. The number of rotatable bonds is 6. The van der Waals surface area contributed by atoms with Crippen LogP contribution in [0, 0.1) is 0 Å². The highest BCUT2D eigenvalue weighted by Crippen LogP contribution is 2.31. The highest BCUT2D eigenvalue weighted by Gasteiger charge is 2.28. The summed E-state index contributed by atoms with van der Waals surface area (Å²) >= 11 is 2.81. The summed E-state index contributed by atoms with van der Waals surface area (Å²) in [6.45, 7) is 1.14. The lowest BCUT2D eigenvalue weighted by Crippen LogP contribution is -2.27. The number of carbonyl (C=O) groups excluding carboxylic acids is 1. The molecule has 1 aliphatic heterocycles. The quantitative estimate of drug-likeness (QED) is 0.419. The van der Waals surface area contributed by atoms with Crippen LogP contribution in [-0.2, 0) is 21.2 Å². The molecule has 164 valence electrons. The molecule has 2 aromatic heterocycles. The van der Waals surface area contributed by atoms with Crippen molar-refractivity contribution < 1.29 is 13.2 Å². The number of hydrogen-bond donors (Lipinski definition) is 1. The second kappa shape index (κ2) is 8.74. The van der Waals surface area contributed by atoms with Crippen molar-refractivity contribution in [3.8, 4) is 10.6 Å². The molecule has 5 rings (SSSR count). The Morgan fingerprint density at radius 1 is 0.969 bits per heavy atom. The SMILES string of the molecule is O=C(Cc1ccc(S(=O)(=O)N2CCCC2)s1)Nc1ccc(-c2nc3ccccc3s2)cc1. The van der Waals surface area contributed by atoms with E-state index in [0.717, 1.165) is 38.5 Å². The molecule has 0 bridgehead atoms. The Hall–Kier alpha value is -2.59. The monoisotopic (exact) mass is 483 g/mol. The molecule has 1 saturated heterocycles. The van der Waals surface area contributed by atoms with Crippen LogP contribution in [0.25, 0.3) is 20.8 Å². The summed E-state index contributed by atoms with van der Waals surface area (Å²) in [6, 6.07) is 19.0. The van der Waals surface area contributed by atoms with Crippen LogP contribution < -0.4 is 5.32 Å². The van der Waals surface area contributed by atoms with Crippen molar-refractivity contribution >= 4 is 54.5 Å². The minimum Gasteiger partial charge on any atom is -0.326 e. The number of nitrogens with one attached hydrogen (secondary N) is 1. The largest absolute Gasteiger partial charge is 0.326 e. The van der Waals surface area contributed by atoms with Gasteiger partial charge in [-0.05, 0) is 61.4 Å². The molecule has 0 spiro atoms. The number of sulfonamides is 1. The van der Waals surface area contributed by atoms with E-state index in [9.17, 15) is 13.2 Å². The third-order valence-electron chi connectivity index (χ3n) is 5.34. The van der Waals surface area contributed by atoms with Gasteiger partial charge < -0.3 is 5.32 Å². The predicted molar refractivity (Wildman–Crippen MR) is 130 cm³/mol. The zero-order valence-corrected chi connectivity index (χ0v) is 19.6. The minimum atomic E-state index is -3.44. The molecular formula is C23H21N3O3S3. The first-order valence-corrected chi connectivity index (χ1v) is 13.4. The number of hydrogen-bond acceptors (Lipinski definition) is 6. The molecule has 0 radical (unpaired) electrons. The van der Waals surface area contributed by atoms with Crippen molar-refractivity contribution in [1.29, 1.82) is 0 Å². The minimum absolute atomic E-state index is 0.139. The normalized spacial score (nSPS) is 14.8. The van der Waals surface area contributed by atoms with Gasteiger partial charge in [-0.25, -0.2) is 13.4 Å². The number of thiophene rings is 1. The van der Waals surface area contributed by atoms with E-state index in [-0.39, 0.29) is 12.3 Å². The fraction of sp³-hybridized carbons (Fsp3) is 0.217. The van der Waals surface area contributed by atoms with Crippen molar-refractivity contribution in [2.45, 2.75) is 23.5 Å². The van der Waals surface area contributed by atoms with Crippen LogP contribution in [0.1, 0.15) is 17.7 Å². The second-order valence-corrected chi connectivity index (χ2v) is 12.0. The summed E-state index contributed by atoms with van der Waals surface area (Å²) in [5.74, 6) is -0.176. The Balaban J connectivity index is 1.23. The van der Waals surface area contributed by atoms with Crippen LogP contribution in [0.15, 0.2) is 64.9 Å². The second-order valence-electron chi connectivity index (χ2n) is 7.62. The first-order chi connectivity index (χ1) is 15.5. The number of nitrogens with zero attached hydrogens (tertiary/aromatic N) is 2. The third-order valence-corrected chi connectivity index (χ3v) is 9.88. The fourth-order valence-electron chi connectivity index (χ4n) is 3.70. The zero-order chi connectivity index (χ0) is 22.1. The van der Waals surface area contributed by atoms with Crippen LogP contribution in [0.2, 0.25) is 0 Å². The van der Waals surface area contributed by atoms with Gasteiger partial charge in [0.05, 0.1) is 16.6 Å². The van der Waals surface area contributed by atoms with E-state index in [1.54, 1.807) is 23.5 Å². The molecule has 6 nitrogen and oxygen atoms in total. The Labute approximate surface area is 194 Å². The van der Waals surface area contributed by atoms with Gasteiger partial charge >= 0.3 is 0 Å². The van der Waals surface area contributed by atoms with E-state index in [4.69, 9.17) is 0 Å². The van der Waals surface area contributed by atoms with Gasteiger partial charge in [0, 0.05) is 29.2 Å². The molecule has 3 heterocycles. The standard InChI is InChI=1S/C23H21N3O3S3/c27-21(15-18-11-12-22(30-18)32(28,29)26-13-3-4-14-26)24-17-9-7-16(8-10-17)23-25-19-5-1-2-6-20(19)31-23/h1-2,5-12H,3-4,13-15H2,(H,24,27). The number of fused-ring (bicyclic) bond motifs is 1. The molecule has 0 unspecified atom stereocenters. The van der Waals surface area contributed by atoms with Crippen LogP contribution in [0.5, 0.6) is 0 Å². The summed E-state index contributed by atoms with van der Waals surface area (Å²) < 4.78 is 28.3. The molecule has 9 heteroatoms. The van der Waals surface area contributed by atoms with E-state index in [2.05, 4.69) is 16.4 Å². The van der Waals surface area contributed by atoms with Crippen LogP contribution in [-0.4, -0.2) is 36.7 Å². The van der Waals surface area contributed by atoms with Gasteiger partial charge in [-0.15, -0.1) is 22.7 Å². The molecule has 1 fully saturated rings. The van der Waals surface area contributed by atoms with Crippen LogP contribution >= 0.6 is 22.7 Å². The summed E-state index contributed by atoms with van der Waals surface area (Å²) in [5.41, 5.74) is 2.67. The van der Waals surface area contributed by atoms with Gasteiger partial charge in [0.1, 0.15) is 9.22 Å². The number of para-hydroxylation sites is 1. The number of anilines is 1. The highest BCUT2D eigenvalue weighted by molar-refractivity contribution is 7.91. The smallest absolute Gasteiger partial charge is 0.252 e. The molecule has 1 N–H and O–H groups in total. The lowest BCUT2D eigenvalue weighted by Gasteiger charge is -2.13. The molecular weight excluding hydrogens is 462 g/mol. The Kier molecular flexibility index (Phi) is 5.81. The number of carbonyl (C=O) groups is 1. The van der Waals surface area contributed by atoms with Gasteiger partial charge in [-0.3, -0.25) is 4.79 Å². The van der Waals surface area contributed by atoms with E-state index in [0.29, 0.717) is 23.0 Å². The first-order valence-electron chi connectivity index (χ1n) is 10.3. The fourth-order valence-corrected chi connectivity index (χ4v) is 7.70. The van der Waals surface area contributed by atoms with Crippen molar-refractivity contribution in [3.05, 3.63) is 65.5 Å². The predicted octanol–water partition coefficient (Wildman–Crippen LogP) is 4.99. The number of thiazole rings is 1. The summed E-state index contributed by atoms with van der Waals surface area (Å²) in [5, 5.41) is 3.83. The van der Waals surface area contributed by atoms with E-state index < -0.39 is 10.0 Å². The van der Waals surface area contributed by atoms with Crippen molar-refractivity contribution in [3.63, 3.8) is 0 Å². The third kappa shape index (κ3) is 4.33. The van der Waals surface area contributed by atoms with Crippen molar-refractivity contribution in [2.24, 2.45) is 0 Å². The van der Waals surface area contributed by atoms with E-state index >= 15 is 0 Å². The Bertz CT molecular complexity index is 1340. The van der Waals surface area contributed by atoms with Crippen molar-refractivity contribution in [1.82, 2.24) is 9.29 Å². The highest BCUT2D eigenvalue weighted by atomic mass is 32.2. The van der Waals surface area contributed by atoms with Gasteiger partial charge in [0.25, 0.3) is 10.0 Å². The topological polar surface area (TPSA) is 79.4 Å². The lowest BCUT2D eigenvalue weighted by atomic mass is 10.2. The number of amides is 1. The number of aromatic nitrogens is 1. The molecule has 2 aromatic carbocycles. The summed E-state index contributed by atoms with van der Waals surface area (Å²) in [6.07, 6.45) is 1.94. The molecule has 0 aliphatic carbocycles. The van der Waals surface area contributed by atoms with E-state index in [1.807, 2.05) is 42.5 Å². The maximum absolute atomic E-state index is 12.7. The van der Waals surface area contributed by atoms with Gasteiger partial charge in [-0.2, -0.15) is 4.31 Å². The maximum Gasteiger partial charge on any atom is 0.252 e. The van der Waals surface area contributed by atoms with E-state index in [1.165, 1.54) is 15.6 Å². The molecule has 32 heavy (non-hydrogen) atoms. The van der Waals surface area contributed by atoms with Crippen LogP contribution in [0.3, 0.4) is 0 Å². The zero-order valence-electron chi connectivity index (χ0n) is 17.2. The molecule has 0 saturated carbocycles. The van der Waals surface area contributed by atoms with Gasteiger partial charge in [0.2, 0.25) is 5.91 Å². The number of benzene rings is 2. The maximum atomic E-state index is 12.7. The summed E-state index contributed by atoms with van der Waals surface area (Å²) in [7, 11) is -3.44. The Morgan fingerprint density at radius 2 is 1.72 bits per heavy atom. The van der Waals surface area contributed by atoms with Gasteiger partial charge in [0.15, 0.2) is 0 Å². The van der Waals surface area contributed by atoms with Crippen LogP contribution in [0.4, 0.5) is 5.69 Å². The summed E-state index contributed by atoms with van der Waals surface area (Å²) in [4.78, 5) is 17.9. The van der Waals surface area contributed by atoms with Gasteiger partial charge in [-0.1, -0.05) is 12.1 Å². The Morgan fingerprint density at radius 3 is 2.47 bits per heavy atom. The van der Waals surface area contributed by atoms with Crippen molar-refractivity contribution in [2.75, 3.05) is 18.4 Å².